The minimum absolute atomic E-state index is 0.00230. The van der Waals surface area contributed by atoms with Crippen LogP contribution >= 0.6 is 0 Å². The number of rotatable bonds is 6. The molecule has 2 heterocycles. The maximum absolute atomic E-state index is 13.5. The second-order valence-electron chi connectivity index (χ2n) is 6.57. The number of aromatic nitrogens is 1. The molecule has 27 heavy (non-hydrogen) atoms. The molecule has 1 saturated heterocycles. The van der Waals surface area contributed by atoms with Crippen LogP contribution in [0.5, 0.6) is 0 Å². The van der Waals surface area contributed by atoms with Crippen molar-refractivity contribution in [2.45, 2.75) is 19.0 Å². The average Bonchev–Trinajstić information content (AvgIpc) is 2.66. The number of hydrogen-bond acceptors (Lipinski definition) is 5. The molecule has 6 nitrogen and oxygen atoms in total. The van der Waals surface area contributed by atoms with Crippen LogP contribution in [0.3, 0.4) is 0 Å². The van der Waals surface area contributed by atoms with Crippen LogP contribution in [0.1, 0.15) is 22.3 Å². The van der Waals surface area contributed by atoms with Crippen LogP contribution in [0.2, 0.25) is 0 Å². The van der Waals surface area contributed by atoms with E-state index in [9.17, 15) is 18.7 Å². The number of primary amides is 1. The maximum atomic E-state index is 13.5. The summed E-state index contributed by atoms with van der Waals surface area (Å²) in [7, 11) is 0. The van der Waals surface area contributed by atoms with Gasteiger partial charge in [0.15, 0.2) is 11.6 Å². The molecule has 0 bridgehead atoms. The van der Waals surface area contributed by atoms with Crippen molar-refractivity contribution in [2.24, 2.45) is 5.73 Å². The Kier molecular flexibility index (Phi) is 5.98. The first-order chi connectivity index (χ1) is 13.0. The van der Waals surface area contributed by atoms with Crippen LogP contribution in [0.25, 0.3) is 0 Å². The molecule has 1 aliphatic heterocycles. The number of nitrogens with zero attached hydrogens (tertiary/aromatic N) is 3. The second kappa shape index (κ2) is 8.41. The molecule has 1 aromatic carbocycles. The SMILES string of the molecule is NC(=O)c1cccnc1N1CCN(Cc2ccc(F)c(F)c2)[C@@H](CCO)C1. The molecule has 3 rings (SSSR count). The molecule has 0 saturated carbocycles. The summed E-state index contributed by atoms with van der Waals surface area (Å²) in [5.74, 6) is -1.75. The van der Waals surface area contributed by atoms with Crippen molar-refractivity contribution < 1.29 is 18.7 Å². The Hall–Kier alpha value is -2.58. The number of amides is 1. The highest BCUT2D eigenvalue weighted by atomic mass is 19.2. The predicted molar refractivity (Wildman–Crippen MR) is 97.2 cm³/mol. The van der Waals surface area contributed by atoms with E-state index in [1.54, 1.807) is 24.4 Å². The monoisotopic (exact) mass is 376 g/mol. The third-order valence-electron chi connectivity index (χ3n) is 4.79. The van der Waals surface area contributed by atoms with Crippen molar-refractivity contribution in [1.82, 2.24) is 9.88 Å². The number of pyridine rings is 1. The van der Waals surface area contributed by atoms with Crippen molar-refractivity contribution in [3.8, 4) is 0 Å². The van der Waals surface area contributed by atoms with Crippen molar-refractivity contribution in [1.29, 1.82) is 0 Å². The number of nitrogens with two attached hydrogens (primary N) is 1. The molecule has 3 N–H and O–H groups in total. The van der Waals surface area contributed by atoms with E-state index in [1.807, 2.05) is 4.90 Å². The van der Waals surface area contributed by atoms with Crippen molar-refractivity contribution >= 4 is 11.7 Å². The Balaban J connectivity index is 1.77. The molecule has 0 radical (unpaired) electrons. The van der Waals surface area contributed by atoms with Gasteiger partial charge in [0.05, 0.1) is 5.56 Å². The van der Waals surface area contributed by atoms with Crippen LogP contribution in [0, 0.1) is 11.6 Å². The van der Waals surface area contributed by atoms with E-state index >= 15 is 0 Å². The summed E-state index contributed by atoms with van der Waals surface area (Å²) in [5.41, 5.74) is 6.47. The number of piperazine rings is 1. The first-order valence-electron chi connectivity index (χ1n) is 8.78. The number of aliphatic hydroxyl groups excluding tert-OH is 1. The standard InChI is InChI=1S/C19H22F2N4O2/c20-16-4-3-13(10-17(16)21)11-24-7-8-25(12-14(24)5-9-26)19-15(18(22)27)2-1-6-23-19/h1-4,6,10,14,26H,5,7-9,11-12H2,(H2,22,27)/t14-/m0/s1. The van der Waals surface area contributed by atoms with Crippen molar-refractivity contribution in [2.75, 3.05) is 31.1 Å². The smallest absolute Gasteiger partial charge is 0.252 e. The molecule has 8 heteroatoms. The zero-order chi connectivity index (χ0) is 19.4. The molecule has 1 aliphatic rings. The molecule has 1 amide bonds. The fourth-order valence-corrected chi connectivity index (χ4v) is 3.43. The van der Waals surface area contributed by atoms with E-state index in [0.717, 1.165) is 6.07 Å². The Morgan fingerprint density at radius 2 is 2.07 bits per heavy atom. The Morgan fingerprint density at radius 3 is 2.78 bits per heavy atom. The molecular formula is C19H22F2N4O2. The normalized spacial score (nSPS) is 17.9. The van der Waals surface area contributed by atoms with Gasteiger partial charge in [-0.05, 0) is 36.2 Å². The van der Waals surface area contributed by atoms with Gasteiger partial charge >= 0.3 is 0 Å². The Bertz CT molecular complexity index is 818. The lowest BCUT2D eigenvalue weighted by Crippen LogP contribution is -2.53. The van der Waals surface area contributed by atoms with Crippen molar-refractivity contribution in [3.63, 3.8) is 0 Å². The lowest BCUT2D eigenvalue weighted by molar-refractivity contribution is 0.0999. The summed E-state index contributed by atoms with van der Waals surface area (Å²) < 4.78 is 26.6. The maximum Gasteiger partial charge on any atom is 0.252 e. The highest BCUT2D eigenvalue weighted by Crippen LogP contribution is 2.23. The minimum atomic E-state index is -0.871. The van der Waals surface area contributed by atoms with Gasteiger partial charge in [0.1, 0.15) is 5.82 Å². The summed E-state index contributed by atoms with van der Waals surface area (Å²) in [4.78, 5) is 20.1. The molecule has 1 fully saturated rings. The molecule has 0 unspecified atom stereocenters. The van der Waals surface area contributed by atoms with Crippen LogP contribution in [-0.4, -0.2) is 53.2 Å². The number of carbonyl (C=O) groups excluding carboxylic acids is 1. The van der Waals surface area contributed by atoms with Gasteiger partial charge in [-0.1, -0.05) is 6.07 Å². The van der Waals surface area contributed by atoms with Gasteiger partial charge in [-0.3, -0.25) is 9.69 Å². The van der Waals surface area contributed by atoms with Gasteiger partial charge in [0.25, 0.3) is 5.91 Å². The lowest BCUT2D eigenvalue weighted by atomic mass is 10.1. The average molecular weight is 376 g/mol. The molecular weight excluding hydrogens is 354 g/mol. The highest BCUT2D eigenvalue weighted by Gasteiger charge is 2.29. The number of aliphatic hydroxyl groups is 1. The molecule has 1 aromatic heterocycles. The lowest BCUT2D eigenvalue weighted by Gasteiger charge is -2.42. The van der Waals surface area contributed by atoms with E-state index in [1.165, 1.54) is 6.07 Å². The zero-order valence-electron chi connectivity index (χ0n) is 14.8. The molecule has 144 valence electrons. The van der Waals surface area contributed by atoms with Crippen molar-refractivity contribution in [3.05, 3.63) is 59.3 Å². The number of halogens is 2. The summed E-state index contributed by atoms with van der Waals surface area (Å²) in [5, 5.41) is 9.44. The molecule has 0 aliphatic carbocycles. The van der Waals surface area contributed by atoms with E-state index in [-0.39, 0.29) is 12.6 Å². The van der Waals surface area contributed by atoms with E-state index < -0.39 is 17.5 Å². The number of anilines is 1. The third-order valence-corrected chi connectivity index (χ3v) is 4.79. The molecule has 1 atom stereocenters. The van der Waals surface area contributed by atoms with E-state index in [2.05, 4.69) is 9.88 Å². The van der Waals surface area contributed by atoms with Gasteiger partial charge in [0.2, 0.25) is 0 Å². The van der Waals surface area contributed by atoms with Gasteiger partial charge in [-0.2, -0.15) is 0 Å². The topological polar surface area (TPSA) is 82.7 Å². The first-order valence-corrected chi connectivity index (χ1v) is 8.78. The van der Waals surface area contributed by atoms with E-state index in [0.29, 0.717) is 49.5 Å². The summed E-state index contributed by atoms with van der Waals surface area (Å²) in [6, 6.07) is 7.15. The van der Waals surface area contributed by atoms with Gasteiger partial charge in [-0.15, -0.1) is 0 Å². The van der Waals surface area contributed by atoms with Crippen LogP contribution in [0.4, 0.5) is 14.6 Å². The van der Waals surface area contributed by atoms with Crippen LogP contribution in [-0.2, 0) is 6.54 Å². The number of carbonyl (C=O) groups is 1. The van der Waals surface area contributed by atoms with Gasteiger partial charge in [-0.25, -0.2) is 13.8 Å². The quantitative estimate of drug-likeness (QED) is 0.799. The zero-order valence-corrected chi connectivity index (χ0v) is 14.8. The Labute approximate surface area is 156 Å². The fraction of sp³-hybridized carbons (Fsp3) is 0.368. The van der Waals surface area contributed by atoms with Crippen LogP contribution < -0.4 is 10.6 Å². The minimum Gasteiger partial charge on any atom is -0.396 e. The van der Waals surface area contributed by atoms with Crippen LogP contribution in [0.15, 0.2) is 36.5 Å². The Morgan fingerprint density at radius 1 is 1.26 bits per heavy atom. The number of benzene rings is 1. The molecule has 2 aromatic rings. The van der Waals surface area contributed by atoms with Gasteiger partial charge in [0, 0.05) is 45.0 Å². The summed E-state index contributed by atoms with van der Waals surface area (Å²) in [6.07, 6.45) is 2.12. The number of hydrogen-bond donors (Lipinski definition) is 2. The van der Waals surface area contributed by atoms with E-state index in [4.69, 9.17) is 5.73 Å². The highest BCUT2D eigenvalue weighted by molar-refractivity contribution is 5.97. The fourth-order valence-electron chi connectivity index (χ4n) is 3.43. The second-order valence-corrected chi connectivity index (χ2v) is 6.57. The summed E-state index contributed by atoms with van der Waals surface area (Å²) in [6.45, 7) is 2.21. The summed E-state index contributed by atoms with van der Waals surface area (Å²) >= 11 is 0. The first kappa shape index (κ1) is 19.2. The van der Waals surface area contributed by atoms with Gasteiger partial charge < -0.3 is 15.7 Å². The third kappa shape index (κ3) is 4.40. The largest absolute Gasteiger partial charge is 0.396 e. The predicted octanol–water partition coefficient (Wildman–Crippen LogP) is 1.53. The molecule has 0 spiro atoms.